The molecule has 0 radical (unpaired) electrons. The average molecular weight is 453 g/mol. The Labute approximate surface area is 192 Å². The number of benzene rings is 3. The molecular weight excluding hydrogens is 431 g/mol. The molecule has 6 heteroatoms. The van der Waals surface area contributed by atoms with Crippen molar-refractivity contribution < 1.29 is 9.47 Å². The molecule has 5 rings (SSSR count). The van der Waals surface area contributed by atoms with Gasteiger partial charge in [-0.25, -0.2) is 5.01 Å². The largest absolute Gasteiger partial charge is 0.494 e. The van der Waals surface area contributed by atoms with Crippen LogP contribution in [-0.4, -0.2) is 17.3 Å². The predicted molar refractivity (Wildman–Crippen MR) is 124 cm³/mol. The number of rotatable bonds is 4. The average Bonchev–Trinajstić information content (AvgIpc) is 3.20. The van der Waals surface area contributed by atoms with E-state index >= 15 is 0 Å². The van der Waals surface area contributed by atoms with E-state index in [9.17, 15) is 0 Å². The summed E-state index contributed by atoms with van der Waals surface area (Å²) in [5.41, 5.74) is 5.30. The van der Waals surface area contributed by atoms with Gasteiger partial charge in [-0.1, -0.05) is 53.0 Å². The van der Waals surface area contributed by atoms with Gasteiger partial charge in [0, 0.05) is 22.6 Å². The number of hydrogen-bond acceptors (Lipinski definition) is 4. The topological polar surface area (TPSA) is 34.1 Å². The zero-order chi connectivity index (χ0) is 21.5. The van der Waals surface area contributed by atoms with E-state index in [2.05, 4.69) is 31.2 Å². The molecule has 2 heterocycles. The number of nitrogens with zero attached hydrogens (tertiary/aromatic N) is 2. The fraction of sp³-hybridized carbons (Fsp3) is 0.240. The van der Waals surface area contributed by atoms with Gasteiger partial charge in [-0.05, 0) is 55.8 Å². The highest BCUT2D eigenvalue weighted by molar-refractivity contribution is 6.35. The van der Waals surface area contributed by atoms with Gasteiger partial charge in [-0.15, -0.1) is 0 Å². The lowest BCUT2D eigenvalue weighted by Gasteiger charge is -2.38. The van der Waals surface area contributed by atoms with Crippen molar-refractivity contribution in [1.82, 2.24) is 5.01 Å². The second-order valence-electron chi connectivity index (χ2n) is 7.79. The third kappa shape index (κ3) is 3.75. The van der Waals surface area contributed by atoms with Crippen LogP contribution in [0, 0.1) is 6.92 Å². The summed E-state index contributed by atoms with van der Waals surface area (Å²) in [5, 5.41) is 8.13. The molecule has 0 unspecified atom stereocenters. The summed E-state index contributed by atoms with van der Waals surface area (Å²) in [6.07, 6.45) is 0.360. The van der Waals surface area contributed by atoms with Crippen LogP contribution >= 0.6 is 23.2 Å². The van der Waals surface area contributed by atoms with Gasteiger partial charge in [0.25, 0.3) is 0 Å². The fourth-order valence-electron chi connectivity index (χ4n) is 4.15. The van der Waals surface area contributed by atoms with Gasteiger partial charge >= 0.3 is 0 Å². The minimum absolute atomic E-state index is 0.00665. The molecule has 0 fully saturated rings. The number of ether oxygens (including phenoxy) is 2. The molecule has 2 aliphatic heterocycles. The zero-order valence-corrected chi connectivity index (χ0v) is 18.8. The van der Waals surface area contributed by atoms with E-state index in [-0.39, 0.29) is 6.04 Å². The fourth-order valence-corrected chi connectivity index (χ4v) is 4.70. The smallest absolute Gasteiger partial charge is 0.213 e. The van der Waals surface area contributed by atoms with Crippen molar-refractivity contribution in [2.75, 3.05) is 6.61 Å². The van der Waals surface area contributed by atoms with Crippen molar-refractivity contribution in [1.29, 1.82) is 0 Å². The summed E-state index contributed by atoms with van der Waals surface area (Å²) < 4.78 is 12.0. The predicted octanol–water partition coefficient (Wildman–Crippen LogP) is 6.94. The molecule has 0 aliphatic carbocycles. The molecular formula is C25H22Cl2N2O2. The van der Waals surface area contributed by atoms with Crippen LogP contribution in [0.15, 0.2) is 65.8 Å². The van der Waals surface area contributed by atoms with Gasteiger partial charge < -0.3 is 9.47 Å². The minimum Gasteiger partial charge on any atom is -0.494 e. The van der Waals surface area contributed by atoms with Crippen LogP contribution in [0.3, 0.4) is 0 Å². The van der Waals surface area contributed by atoms with Gasteiger partial charge in [0.05, 0.1) is 23.4 Å². The molecule has 0 bridgehead atoms. The Hall–Kier alpha value is -2.69. The number of hydrogen-bond donors (Lipinski definition) is 0. The lowest BCUT2D eigenvalue weighted by Crippen LogP contribution is -2.33. The first-order valence-electron chi connectivity index (χ1n) is 10.3. The molecule has 2 atom stereocenters. The Morgan fingerprint density at radius 1 is 1.06 bits per heavy atom. The minimum atomic E-state index is -0.394. The lowest BCUT2D eigenvalue weighted by molar-refractivity contribution is -0.0189. The first-order chi connectivity index (χ1) is 15.0. The van der Waals surface area contributed by atoms with Crippen LogP contribution in [0.4, 0.5) is 0 Å². The molecule has 0 saturated carbocycles. The van der Waals surface area contributed by atoms with Crippen LogP contribution in [0.5, 0.6) is 11.5 Å². The maximum atomic E-state index is 6.54. The SMILES string of the molecule is CCOc1ccc([C@@H]2Oc3c(Cl)cc(Cl)cc3[C@H]3CC(c4ccc(C)cc4)=NN32)cc1. The summed E-state index contributed by atoms with van der Waals surface area (Å²) in [6, 6.07) is 20.0. The molecule has 3 aromatic carbocycles. The van der Waals surface area contributed by atoms with E-state index < -0.39 is 6.23 Å². The lowest BCUT2D eigenvalue weighted by atomic mass is 9.95. The van der Waals surface area contributed by atoms with Crippen LogP contribution in [0.2, 0.25) is 10.0 Å². The quantitative estimate of drug-likeness (QED) is 0.429. The van der Waals surface area contributed by atoms with Gasteiger partial charge in [-0.2, -0.15) is 5.10 Å². The summed E-state index contributed by atoms with van der Waals surface area (Å²) in [6.45, 7) is 4.68. The van der Waals surface area contributed by atoms with Crippen molar-refractivity contribution in [2.24, 2.45) is 5.10 Å². The zero-order valence-electron chi connectivity index (χ0n) is 17.3. The monoisotopic (exact) mass is 452 g/mol. The van der Waals surface area contributed by atoms with Gasteiger partial charge in [-0.3, -0.25) is 0 Å². The highest BCUT2D eigenvalue weighted by Crippen LogP contribution is 2.50. The summed E-state index contributed by atoms with van der Waals surface area (Å²) in [5.74, 6) is 1.50. The van der Waals surface area contributed by atoms with Gasteiger partial charge in [0.1, 0.15) is 11.5 Å². The third-order valence-electron chi connectivity index (χ3n) is 5.67. The highest BCUT2D eigenvalue weighted by Gasteiger charge is 2.42. The second kappa shape index (κ2) is 8.10. The van der Waals surface area contributed by atoms with Crippen LogP contribution in [0.1, 0.15) is 47.9 Å². The van der Waals surface area contributed by atoms with Crippen molar-refractivity contribution >= 4 is 28.9 Å². The van der Waals surface area contributed by atoms with E-state index in [1.54, 1.807) is 6.07 Å². The van der Waals surface area contributed by atoms with Crippen LogP contribution < -0.4 is 9.47 Å². The van der Waals surface area contributed by atoms with E-state index in [4.69, 9.17) is 37.8 Å². The van der Waals surface area contributed by atoms with Gasteiger partial charge in [0.2, 0.25) is 6.23 Å². The molecule has 0 N–H and O–H groups in total. The molecule has 3 aromatic rings. The van der Waals surface area contributed by atoms with Crippen LogP contribution in [-0.2, 0) is 0 Å². The summed E-state index contributed by atoms with van der Waals surface area (Å²) in [4.78, 5) is 0. The van der Waals surface area contributed by atoms with E-state index in [0.29, 0.717) is 22.4 Å². The Bertz CT molecular complexity index is 1140. The van der Waals surface area contributed by atoms with Crippen molar-refractivity contribution in [3.8, 4) is 11.5 Å². The maximum Gasteiger partial charge on any atom is 0.213 e. The Balaban J connectivity index is 1.58. The molecule has 0 aromatic heterocycles. The van der Waals surface area contributed by atoms with E-state index in [0.717, 1.165) is 34.6 Å². The highest BCUT2D eigenvalue weighted by atomic mass is 35.5. The number of aryl methyl sites for hydroxylation is 1. The number of halogens is 2. The van der Waals surface area contributed by atoms with E-state index in [1.165, 1.54) is 5.56 Å². The maximum absolute atomic E-state index is 6.54. The molecule has 0 saturated heterocycles. The molecule has 0 spiro atoms. The van der Waals surface area contributed by atoms with Crippen LogP contribution in [0.25, 0.3) is 0 Å². The Kier molecular flexibility index (Phi) is 5.28. The standard InChI is InChI=1S/C25H22Cl2N2O2/c1-3-30-19-10-8-17(9-11-19)25-29-23(20-12-18(26)13-21(27)24(20)31-25)14-22(28-29)16-6-4-15(2)5-7-16/h4-13,23,25H,3,14H2,1-2H3/t23-,25+/m1/s1. The normalized spacial score (nSPS) is 19.4. The molecule has 4 nitrogen and oxygen atoms in total. The van der Waals surface area contributed by atoms with Gasteiger partial charge in [0.15, 0.2) is 0 Å². The Morgan fingerprint density at radius 3 is 2.52 bits per heavy atom. The molecule has 158 valence electrons. The molecule has 31 heavy (non-hydrogen) atoms. The summed E-state index contributed by atoms with van der Waals surface area (Å²) >= 11 is 12.9. The number of fused-ring (bicyclic) bond motifs is 3. The first-order valence-corrected chi connectivity index (χ1v) is 11.1. The third-order valence-corrected chi connectivity index (χ3v) is 6.17. The summed E-state index contributed by atoms with van der Waals surface area (Å²) in [7, 11) is 0. The van der Waals surface area contributed by atoms with Crippen molar-refractivity contribution in [3.05, 3.63) is 93.0 Å². The van der Waals surface area contributed by atoms with Crippen molar-refractivity contribution in [3.63, 3.8) is 0 Å². The Morgan fingerprint density at radius 2 is 1.81 bits per heavy atom. The molecule has 0 amide bonds. The van der Waals surface area contributed by atoms with Crippen molar-refractivity contribution in [2.45, 2.75) is 32.5 Å². The second-order valence-corrected chi connectivity index (χ2v) is 8.63. The van der Waals surface area contributed by atoms with E-state index in [1.807, 2.05) is 42.3 Å². The first kappa shape index (κ1) is 20.2. The number of hydrazone groups is 1. The molecule has 2 aliphatic rings.